The molecule has 0 aliphatic rings. The maximum atomic E-state index is 11.7. The van der Waals surface area contributed by atoms with Crippen molar-refractivity contribution in [3.05, 3.63) is 81.2 Å². The van der Waals surface area contributed by atoms with Crippen LogP contribution in [0.3, 0.4) is 0 Å². The highest BCUT2D eigenvalue weighted by Gasteiger charge is 2.27. The number of aromatic nitrogens is 3. The molecule has 0 atom stereocenters. The van der Waals surface area contributed by atoms with E-state index < -0.39 is 10.6 Å². The van der Waals surface area contributed by atoms with Crippen molar-refractivity contribution in [1.29, 1.82) is 0 Å². The summed E-state index contributed by atoms with van der Waals surface area (Å²) in [5, 5.41) is 12.5. The number of benzene rings is 2. The number of fused-ring (bicyclic) bond motifs is 1. The van der Waals surface area contributed by atoms with E-state index in [1.165, 1.54) is 0 Å². The molecule has 0 amide bonds. The molecule has 8 nitrogen and oxygen atoms in total. The first-order chi connectivity index (χ1) is 14.0. The van der Waals surface area contributed by atoms with Gasteiger partial charge in [-0.2, -0.15) is 9.97 Å². The Labute approximate surface area is 173 Å². The molecule has 0 N–H and O–H groups in total. The molecule has 4 aromatic rings. The van der Waals surface area contributed by atoms with Crippen LogP contribution in [0.25, 0.3) is 10.9 Å². The number of rotatable bonds is 5. The molecule has 0 unspecified atom stereocenters. The number of ether oxygens (including phenoxy) is 2. The SMILES string of the molecule is Cc1ccc(Oc2ncnc(Oc3ccc(Br)c4cccnc34)c2[N+](=O)[O-])cc1. The third kappa shape index (κ3) is 3.85. The molecular weight excluding hydrogens is 440 g/mol. The molecule has 0 saturated carbocycles. The number of nitro groups is 1. The normalized spacial score (nSPS) is 10.7. The van der Waals surface area contributed by atoms with Gasteiger partial charge in [0.25, 0.3) is 0 Å². The molecule has 0 radical (unpaired) electrons. The minimum absolute atomic E-state index is 0.210. The number of aryl methyl sites for hydroxylation is 1. The zero-order chi connectivity index (χ0) is 20.4. The molecular formula is C20H13BrN4O4. The van der Waals surface area contributed by atoms with Gasteiger partial charge in [0.15, 0.2) is 5.75 Å². The van der Waals surface area contributed by atoms with Gasteiger partial charge in [0.05, 0.1) is 4.92 Å². The van der Waals surface area contributed by atoms with E-state index in [1.807, 2.05) is 25.1 Å². The van der Waals surface area contributed by atoms with Crippen LogP contribution in [0.4, 0.5) is 5.69 Å². The Bertz CT molecular complexity index is 1210. The van der Waals surface area contributed by atoms with Gasteiger partial charge in [-0.15, -0.1) is 0 Å². The Hall–Kier alpha value is -3.59. The van der Waals surface area contributed by atoms with Gasteiger partial charge in [-0.05, 0) is 37.3 Å². The third-order valence-electron chi connectivity index (χ3n) is 4.06. The van der Waals surface area contributed by atoms with Crippen LogP contribution in [0.5, 0.6) is 23.3 Å². The van der Waals surface area contributed by atoms with E-state index in [4.69, 9.17) is 9.47 Å². The first-order valence-corrected chi connectivity index (χ1v) is 9.27. The zero-order valence-corrected chi connectivity index (χ0v) is 16.7. The predicted octanol–water partition coefficient (Wildman–Crippen LogP) is 5.59. The van der Waals surface area contributed by atoms with Crippen LogP contribution >= 0.6 is 15.9 Å². The number of hydrogen-bond donors (Lipinski definition) is 0. The summed E-state index contributed by atoms with van der Waals surface area (Å²) in [4.78, 5) is 23.3. The molecule has 29 heavy (non-hydrogen) atoms. The Balaban J connectivity index is 1.76. The zero-order valence-electron chi connectivity index (χ0n) is 15.1. The largest absolute Gasteiger partial charge is 0.433 e. The van der Waals surface area contributed by atoms with Crippen molar-refractivity contribution in [2.24, 2.45) is 0 Å². The molecule has 0 spiro atoms. The Kier molecular flexibility index (Phi) is 5.05. The summed E-state index contributed by atoms with van der Waals surface area (Å²) in [6.07, 6.45) is 2.77. The molecule has 2 heterocycles. The van der Waals surface area contributed by atoms with Crippen molar-refractivity contribution in [1.82, 2.24) is 15.0 Å². The van der Waals surface area contributed by atoms with E-state index in [-0.39, 0.29) is 11.8 Å². The lowest BCUT2D eigenvalue weighted by atomic mass is 10.2. The molecule has 0 saturated heterocycles. The van der Waals surface area contributed by atoms with Crippen LogP contribution in [-0.4, -0.2) is 19.9 Å². The summed E-state index contributed by atoms with van der Waals surface area (Å²) in [6, 6.07) is 14.2. The number of hydrogen-bond acceptors (Lipinski definition) is 7. The second-order valence-corrected chi connectivity index (χ2v) is 6.91. The quantitative estimate of drug-likeness (QED) is 0.287. The van der Waals surface area contributed by atoms with Crippen LogP contribution in [0.2, 0.25) is 0 Å². The average Bonchev–Trinajstić information content (AvgIpc) is 2.72. The number of pyridine rings is 1. The second kappa shape index (κ2) is 7.80. The summed E-state index contributed by atoms with van der Waals surface area (Å²) < 4.78 is 12.2. The van der Waals surface area contributed by atoms with Gasteiger partial charge in [0, 0.05) is 16.1 Å². The van der Waals surface area contributed by atoms with E-state index in [2.05, 4.69) is 30.9 Å². The lowest BCUT2D eigenvalue weighted by Crippen LogP contribution is -2.01. The van der Waals surface area contributed by atoms with Crippen LogP contribution in [0.1, 0.15) is 5.56 Å². The maximum absolute atomic E-state index is 11.7. The molecule has 4 rings (SSSR count). The molecule has 2 aromatic heterocycles. The smallest absolute Gasteiger partial charge is 0.393 e. The Morgan fingerprint density at radius 1 is 0.966 bits per heavy atom. The van der Waals surface area contributed by atoms with Crippen LogP contribution in [0.15, 0.2) is 65.5 Å². The summed E-state index contributed by atoms with van der Waals surface area (Å²) in [6.45, 7) is 1.93. The Morgan fingerprint density at radius 3 is 2.41 bits per heavy atom. The maximum Gasteiger partial charge on any atom is 0.393 e. The van der Waals surface area contributed by atoms with E-state index in [9.17, 15) is 10.1 Å². The van der Waals surface area contributed by atoms with Gasteiger partial charge in [0.1, 0.15) is 17.6 Å². The minimum atomic E-state index is -0.632. The number of nitrogens with zero attached hydrogens (tertiary/aromatic N) is 4. The first kappa shape index (κ1) is 18.8. The summed E-state index contributed by atoms with van der Waals surface area (Å²) in [5.41, 5.74) is 1.10. The van der Waals surface area contributed by atoms with Gasteiger partial charge in [-0.1, -0.05) is 39.7 Å². The van der Waals surface area contributed by atoms with Gasteiger partial charge < -0.3 is 9.47 Å². The van der Waals surface area contributed by atoms with Gasteiger partial charge in [-0.3, -0.25) is 15.1 Å². The van der Waals surface area contributed by atoms with Crippen molar-refractivity contribution in [2.45, 2.75) is 6.92 Å². The standard InChI is InChI=1S/C20H13BrN4O4/c1-12-4-6-13(7-5-12)28-19-18(25(26)27)20(24-11-23-19)29-16-9-8-15(21)14-3-2-10-22-17(14)16/h2-11H,1H3. The summed E-state index contributed by atoms with van der Waals surface area (Å²) in [5.74, 6) is 0.297. The van der Waals surface area contributed by atoms with E-state index >= 15 is 0 Å². The van der Waals surface area contributed by atoms with Gasteiger partial charge in [0.2, 0.25) is 0 Å². The highest BCUT2D eigenvalue weighted by Crippen LogP contribution is 2.39. The minimum Gasteiger partial charge on any atom is -0.433 e. The molecule has 9 heteroatoms. The van der Waals surface area contributed by atoms with E-state index in [1.54, 1.807) is 36.5 Å². The average molecular weight is 453 g/mol. The molecule has 0 fully saturated rings. The second-order valence-electron chi connectivity index (χ2n) is 6.05. The van der Waals surface area contributed by atoms with Crippen LogP contribution in [-0.2, 0) is 0 Å². The molecule has 144 valence electrons. The fourth-order valence-electron chi connectivity index (χ4n) is 2.67. The lowest BCUT2D eigenvalue weighted by Gasteiger charge is -2.10. The molecule has 2 aromatic carbocycles. The molecule has 0 aliphatic carbocycles. The Morgan fingerprint density at radius 2 is 1.69 bits per heavy atom. The summed E-state index contributed by atoms with van der Waals surface area (Å²) >= 11 is 3.46. The van der Waals surface area contributed by atoms with Gasteiger partial charge >= 0.3 is 17.4 Å². The van der Waals surface area contributed by atoms with E-state index in [0.29, 0.717) is 17.0 Å². The van der Waals surface area contributed by atoms with Crippen LogP contribution < -0.4 is 9.47 Å². The highest BCUT2D eigenvalue weighted by atomic mass is 79.9. The van der Waals surface area contributed by atoms with Crippen molar-refractivity contribution in [3.8, 4) is 23.3 Å². The third-order valence-corrected chi connectivity index (χ3v) is 4.75. The van der Waals surface area contributed by atoms with Gasteiger partial charge in [-0.25, -0.2) is 0 Å². The molecule has 0 bridgehead atoms. The van der Waals surface area contributed by atoms with E-state index in [0.717, 1.165) is 21.7 Å². The summed E-state index contributed by atoms with van der Waals surface area (Å²) in [7, 11) is 0. The first-order valence-electron chi connectivity index (χ1n) is 8.48. The fourth-order valence-corrected chi connectivity index (χ4v) is 3.12. The predicted molar refractivity (Wildman–Crippen MR) is 109 cm³/mol. The van der Waals surface area contributed by atoms with Crippen LogP contribution in [0, 0.1) is 17.0 Å². The lowest BCUT2D eigenvalue weighted by molar-refractivity contribution is -0.387. The van der Waals surface area contributed by atoms with Crippen molar-refractivity contribution in [2.75, 3.05) is 0 Å². The highest BCUT2D eigenvalue weighted by molar-refractivity contribution is 9.10. The monoisotopic (exact) mass is 452 g/mol. The fraction of sp³-hybridized carbons (Fsp3) is 0.0500. The van der Waals surface area contributed by atoms with Crippen molar-refractivity contribution < 1.29 is 14.4 Å². The van der Waals surface area contributed by atoms with Crippen molar-refractivity contribution >= 4 is 32.5 Å². The van der Waals surface area contributed by atoms with Crippen molar-refractivity contribution in [3.63, 3.8) is 0 Å². The topological polar surface area (TPSA) is 100 Å². The number of halogens is 1. The molecule has 0 aliphatic heterocycles.